The number of piperazine rings is 1. The van der Waals surface area contributed by atoms with Crippen molar-refractivity contribution in [2.45, 2.75) is 33.3 Å². The van der Waals surface area contributed by atoms with Crippen molar-refractivity contribution < 1.29 is 23.5 Å². The van der Waals surface area contributed by atoms with Crippen LogP contribution < -0.4 is 4.74 Å². The number of ether oxygens (including phenoxy) is 2. The lowest BCUT2D eigenvalue weighted by Crippen LogP contribution is -2.51. The zero-order valence-corrected chi connectivity index (χ0v) is 22.5. The molecule has 4 aromatic rings. The first-order valence-electron chi connectivity index (χ1n) is 12.9. The zero-order chi connectivity index (χ0) is 27.7. The lowest BCUT2D eigenvalue weighted by atomic mass is 10.1. The quantitative estimate of drug-likeness (QED) is 0.326. The second-order valence-corrected chi connectivity index (χ2v) is 10.5. The molecule has 1 saturated heterocycles. The Morgan fingerprint density at radius 3 is 2.33 bits per heavy atom. The van der Waals surface area contributed by atoms with E-state index in [1.165, 1.54) is 12.1 Å². The predicted octanol–water partition coefficient (Wildman–Crippen LogP) is 5.96. The number of aromatic nitrogens is 2. The van der Waals surface area contributed by atoms with E-state index >= 15 is 0 Å². The minimum atomic E-state index is -0.600. The normalized spacial score (nSPS) is 14.0. The van der Waals surface area contributed by atoms with Crippen LogP contribution in [-0.4, -0.2) is 63.1 Å². The average Bonchev–Trinajstić information content (AvgIpc) is 3.23. The molecule has 2 aromatic carbocycles. The van der Waals surface area contributed by atoms with Crippen LogP contribution in [0.15, 0.2) is 67.0 Å². The molecule has 2 amide bonds. The van der Waals surface area contributed by atoms with Crippen LogP contribution in [0.3, 0.4) is 0 Å². The van der Waals surface area contributed by atoms with Crippen molar-refractivity contribution in [3.05, 3.63) is 83.9 Å². The third-order valence-electron chi connectivity index (χ3n) is 6.53. The summed E-state index contributed by atoms with van der Waals surface area (Å²) in [6.45, 7) is 8.63. The highest BCUT2D eigenvalue weighted by Crippen LogP contribution is 2.39. The highest BCUT2D eigenvalue weighted by molar-refractivity contribution is 6.10. The summed E-state index contributed by atoms with van der Waals surface area (Å²) in [5, 5.41) is 0.616. The molecular weight excluding hydrogens is 499 g/mol. The summed E-state index contributed by atoms with van der Waals surface area (Å²) in [6.07, 6.45) is 2.90. The van der Waals surface area contributed by atoms with E-state index in [-0.39, 0.29) is 11.8 Å². The van der Waals surface area contributed by atoms with Crippen molar-refractivity contribution in [1.29, 1.82) is 0 Å². The number of carbonyl (C=O) groups is 2. The summed E-state index contributed by atoms with van der Waals surface area (Å²) in [4.78, 5) is 34.3. The van der Waals surface area contributed by atoms with E-state index in [2.05, 4.69) is 4.98 Å². The van der Waals surface area contributed by atoms with Crippen LogP contribution >= 0.6 is 0 Å². The van der Waals surface area contributed by atoms with Gasteiger partial charge in [-0.1, -0.05) is 24.3 Å². The number of hydrogen-bond acceptors (Lipinski definition) is 5. The maximum Gasteiger partial charge on any atom is 0.410 e. The molecule has 2 aromatic heterocycles. The SMILES string of the molecule is Cc1ccc(F)cc1Oc1c(C(=O)N2CCN(C(=O)OC(C)(C)C)CC2)c2cnccc2n1-c1ccccc1. The number of halogens is 1. The number of aryl methyl sites for hydroxylation is 1. The topological polar surface area (TPSA) is 76.9 Å². The number of amides is 2. The Labute approximate surface area is 226 Å². The number of benzene rings is 2. The number of fused-ring (bicyclic) bond motifs is 1. The van der Waals surface area contributed by atoms with Crippen LogP contribution in [0.4, 0.5) is 9.18 Å². The maximum absolute atomic E-state index is 14.2. The van der Waals surface area contributed by atoms with Crippen molar-refractivity contribution in [3.8, 4) is 17.3 Å². The maximum atomic E-state index is 14.2. The fourth-order valence-electron chi connectivity index (χ4n) is 4.61. The monoisotopic (exact) mass is 530 g/mol. The Hall–Kier alpha value is -4.40. The van der Waals surface area contributed by atoms with E-state index in [0.717, 1.165) is 16.8 Å². The van der Waals surface area contributed by atoms with Gasteiger partial charge in [0.15, 0.2) is 0 Å². The summed E-state index contributed by atoms with van der Waals surface area (Å²) in [5.74, 6) is -0.106. The van der Waals surface area contributed by atoms with Crippen molar-refractivity contribution in [2.24, 2.45) is 0 Å². The fourth-order valence-corrected chi connectivity index (χ4v) is 4.61. The molecular formula is C30H31FN4O4. The number of nitrogens with zero attached hydrogens (tertiary/aromatic N) is 4. The van der Waals surface area contributed by atoms with Crippen LogP contribution in [0, 0.1) is 12.7 Å². The summed E-state index contributed by atoms with van der Waals surface area (Å²) in [7, 11) is 0. The molecule has 8 nitrogen and oxygen atoms in total. The predicted molar refractivity (Wildman–Crippen MR) is 146 cm³/mol. The molecule has 39 heavy (non-hydrogen) atoms. The van der Waals surface area contributed by atoms with Crippen molar-refractivity contribution in [1.82, 2.24) is 19.4 Å². The second kappa shape index (κ2) is 10.4. The number of pyridine rings is 1. The van der Waals surface area contributed by atoms with E-state index in [1.54, 1.807) is 28.3 Å². The van der Waals surface area contributed by atoms with Gasteiger partial charge in [-0.3, -0.25) is 14.3 Å². The Bertz CT molecular complexity index is 1520. The molecule has 5 rings (SSSR count). The Morgan fingerprint density at radius 2 is 1.64 bits per heavy atom. The molecule has 1 fully saturated rings. The van der Waals surface area contributed by atoms with Crippen molar-refractivity contribution in [3.63, 3.8) is 0 Å². The van der Waals surface area contributed by atoms with Gasteiger partial charge < -0.3 is 19.3 Å². The van der Waals surface area contributed by atoms with Gasteiger partial charge in [0.05, 0.1) is 5.52 Å². The first-order chi connectivity index (χ1) is 18.6. The van der Waals surface area contributed by atoms with Crippen LogP contribution in [0.5, 0.6) is 11.6 Å². The van der Waals surface area contributed by atoms with E-state index in [1.807, 2.05) is 68.7 Å². The highest BCUT2D eigenvalue weighted by atomic mass is 19.1. The molecule has 1 aliphatic rings. The van der Waals surface area contributed by atoms with Gasteiger partial charge in [-0.15, -0.1) is 0 Å². The van der Waals surface area contributed by atoms with E-state index < -0.39 is 17.5 Å². The Balaban J connectivity index is 1.56. The molecule has 3 heterocycles. The molecule has 1 aliphatic heterocycles. The van der Waals surface area contributed by atoms with Crippen LogP contribution in [-0.2, 0) is 4.74 Å². The number of rotatable bonds is 4. The van der Waals surface area contributed by atoms with Gasteiger partial charge in [-0.05, 0) is 57.5 Å². The third kappa shape index (κ3) is 5.43. The highest BCUT2D eigenvalue weighted by Gasteiger charge is 2.33. The lowest BCUT2D eigenvalue weighted by molar-refractivity contribution is 0.0140. The van der Waals surface area contributed by atoms with Crippen LogP contribution in [0.1, 0.15) is 36.7 Å². The van der Waals surface area contributed by atoms with Crippen LogP contribution in [0.2, 0.25) is 0 Å². The van der Waals surface area contributed by atoms with Crippen LogP contribution in [0.25, 0.3) is 16.6 Å². The van der Waals surface area contributed by atoms with Crippen molar-refractivity contribution in [2.75, 3.05) is 26.2 Å². The van der Waals surface area contributed by atoms with Gasteiger partial charge in [-0.2, -0.15) is 0 Å². The lowest BCUT2D eigenvalue weighted by Gasteiger charge is -2.35. The van der Waals surface area contributed by atoms with E-state index in [9.17, 15) is 14.0 Å². The second-order valence-electron chi connectivity index (χ2n) is 10.5. The minimum Gasteiger partial charge on any atom is -0.444 e. The molecule has 0 radical (unpaired) electrons. The number of hydrogen-bond donors (Lipinski definition) is 0. The summed E-state index contributed by atoms with van der Waals surface area (Å²) < 4.78 is 27.9. The summed E-state index contributed by atoms with van der Waals surface area (Å²) in [5.41, 5.74) is 1.97. The van der Waals surface area contributed by atoms with Gasteiger partial charge in [0, 0.05) is 55.7 Å². The Kier molecular flexibility index (Phi) is 6.99. The first-order valence-corrected chi connectivity index (χ1v) is 12.9. The summed E-state index contributed by atoms with van der Waals surface area (Å²) in [6, 6.07) is 15.7. The number of para-hydroxylation sites is 1. The summed E-state index contributed by atoms with van der Waals surface area (Å²) >= 11 is 0. The molecule has 9 heteroatoms. The molecule has 0 bridgehead atoms. The minimum absolute atomic E-state index is 0.254. The molecule has 0 spiro atoms. The third-order valence-corrected chi connectivity index (χ3v) is 6.53. The van der Waals surface area contributed by atoms with E-state index in [4.69, 9.17) is 9.47 Å². The molecule has 0 saturated carbocycles. The van der Waals surface area contributed by atoms with Gasteiger partial charge in [0.2, 0.25) is 5.88 Å². The Morgan fingerprint density at radius 1 is 0.949 bits per heavy atom. The van der Waals surface area contributed by atoms with E-state index in [0.29, 0.717) is 42.9 Å². The molecule has 0 unspecified atom stereocenters. The molecule has 202 valence electrons. The molecule has 0 N–H and O–H groups in total. The molecule has 0 aliphatic carbocycles. The standard InChI is InChI=1S/C30H31FN4O4/c1-20-10-11-21(31)18-25(20)38-28-26(23-19-32-13-12-24(23)35(28)22-8-6-5-7-9-22)27(36)33-14-16-34(17-15-33)29(37)39-30(2,3)4/h5-13,18-19H,14-17H2,1-4H3. The number of carbonyl (C=O) groups excluding carboxylic acids is 2. The largest absolute Gasteiger partial charge is 0.444 e. The van der Waals surface area contributed by atoms with Gasteiger partial charge >= 0.3 is 6.09 Å². The van der Waals surface area contributed by atoms with Crippen molar-refractivity contribution >= 4 is 22.9 Å². The average molecular weight is 531 g/mol. The van der Waals surface area contributed by atoms with Gasteiger partial charge in [-0.25, -0.2) is 9.18 Å². The first kappa shape index (κ1) is 26.2. The van der Waals surface area contributed by atoms with Gasteiger partial charge in [0.25, 0.3) is 5.91 Å². The molecule has 0 atom stereocenters. The fraction of sp³-hybridized carbons (Fsp3) is 0.300. The smallest absolute Gasteiger partial charge is 0.410 e. The zero-order valence-electron chi connectivity index (χ0n) is 22.5. The van der Waals surface area contributed by atoms with Gasteiger partial charge in [0.1, 0.15) is 22.7 Å².